The van der Waals surface area contributed by atoms with Crippen LogP contribution in [-0.2, 0) is 25.6 Å². The normalized spacial score (nSPS) is 15.9. The minimum atomic E-state index is -0.828. The molecule has 1 N–H and O–H groups in total. The predicted octanol–water partition coefficient (Wildman–Crippen LogP) is 4.94. The van der Waals surface area contributed by atoms with Crippen molar-refractivity contribution in [2.75, 3.05) is 34.4 Å². The zero-order valence-electron chi connectivity index (χ0n) is 23.2. The van der Waals surface area contributed by atoms with Crippen molar-refractivity contribution in [1.29, 1.82) is 0 Å². The molecule has 0 aliphatic carbocycles. The molecule has 0 amide bonds. The maximum atomic E-state index is 14.2. The smallest absolute Gasteiger partial charge is 0.336 e. The number of rotatable bonds is 10. The number of ether oxygens (including phenoxy) is 3. The van der Waals surface area contributed by atoms with Crippen molar-refractivity contribution >= 4 is 11.9 Å². The van der Waals surface area contributed by atoms with Crippen molar-refractivity contribution in [2.45, 2.75) is 40.2 Å². The average Bonchev–Trinajstić information content (AvgIpc) is 2.86. The van der Waals surface area contributed by atoms with Crippen LogP contribution in [-0.4, -0.2) is 51.3 Å². The van der Waals surface area contributed by atoms with Crippen molar-refractivity contribution in [3.63, 3.8) is 0 Å². The molecular formula is C30H37FN2O5. The second-order valence-electron chi connectivity index (χ2n) is 10.4. The fourth-order valence-corrected chi connectivity index (χ4v) is 4.92. The molecule has 0 spiro atoms. The summed E-state index contributed by atoms with van der Waals surface area (Å²) in [7, 11) is 4.93. The summed E-state index contributed by atoms with van der Waals surface area (Å²) >= 11 is 0. The fourth-order valence-electron chi connectivity index (χ4n) is 4.92. The second kappa shape index (κ2) is 12.3. The Morgan fingerprint density at radius 1 is 1.00 bits per heavy atom. The van der Waals surface area contributed by atoms with Crippen molar-refractivity contribution in [3.8, 4) is 5.75 Å². The highest BCUT2D eigenvalue weighted by Crippen LogP contribution is 2.39. The van der Waals surface area contributed by atoms with Crippen LogP contribution < -0.4 is 10.1 Å². The van der Waals surface area contributed by atoms with Crippen LogP contribution in [0.2, 0.25) is 0 Å². The molecule has 0 radical (unpaired) electrons. The largest absolute Gasteiger partial charge is 0.497 e. The standard InChI is InChI=1S/C30H37FN2O5/c1-19-25(28(34)37-7)27(22-11-9-12-23(31)15-22)26(20(2)32-19)29(35)38-18-30(3,4)17-33(5)16-21-10-8-13-24(14-21)36-6/h8-15,27,32H,16-18H2,1-7H3. The van der Waals surface area contributed by atoms with E-state index >= 15 is 0 Å². The lowest BCUT2D eigenvalue weighted by Gasteiger charge is -2.32. The van der Waals surface area contributed by atoms with Crippen LogP contribution >= 0.6 is 0 Å². The third kappa shape index (κ3) is 7.01. The monoisotopic (exact) mass is 524 g/mol. The minimum absolute atomic E-state index is 0.150. The molecule has 1 aliphatic rings. The number of nitrogens with zero attached hydrogens (tertiary/aromatic N) is 1. The first-order valence-corrected chi connectivity index (χ1v) is 12.5. The van der Waals surface area contributed by atoms with E-state index in [0.29, 0.717) is 30.0 Å². The molecule has 1 heterocycles. The van der Waals surface area contributed by atoms with Crippen molar-refractivity contribution in [2.24, 2.45) is 5.41 Å². The molecule has 8 heteroatoms. The van der Waals surface area contributed by atoms with Gasteiger partial charge in [0.05, 0.1) is 37.9 Å². The predicted molar refractivity (Wildman–Crippen MR) is 144 cm³/mol. The van der Waals surface area contributed by atoms with Gasteiger partial charge in [-0.05, 0) is 56.3 Å². The number of methoxy groups -OCH3 is 2. The Kier molecular flexibility index (Phi) is 9.33. The quantitative estimate of drug-likeness (QED) is 0.441. The number of carbonyl (C=O) groups is 2. The van der Waals surface area contributed by atoms with E-state index in [1.54, 1.807) is 33.1 Å². The summed E-state index contributed by atoms with van der Waals surface area (Å²) in [6.07, 6.45) is 0. The zero-order chi connectivity index (χ0) is 28.0. The van der Waals surface area contributed by atoms with Crippen LogP contribution in [0.1, 0.15) is 44.7 Å². The molecular weight excluding hydrogens is 487 g/mol. The molecule has 7 nitrogen and oxygen atoms in total. The van der Waals surface area contributed by atoms with Crippen LogP contribution in [0.5, 0.6) is 5.75 Å². The first kappa shape index (κ1) is 28.9. The van der Waals surface area contributed by atoms with E-state index in [0.717, 1.165) is 11.3 Å². The van der Waals surface area contributed by atoms with Crippen molar-refractivity contribution < 1.29 is 28.2 Å². The van der Waals surface area contributed by atoms with Crippen LogP contribution in [0.15, 0.2) is 71.1 Å². The van der Waals surface area contributed by atoms with E-state index in [4.69, 9.17) is 14.2 Å². The number of dihydropyridines is 1. The first-order valence-electron chi connectivity index (χ1n) is 12.5. The summed E-state index contributed by atoms with van der Waals surface area (Å²) in [5.74, 6) is -1.65. The van der Waals surface area contributed by atoms with E-state index in [-0.39, 0.29) is 23.2 Å². The number of nitrogens with one attached hydrogen (secondary N) is 1. The molecule has 0 saturated heterocycles. The summed E-state index contributed by atoms with van der Waals surface area (Å²) in [5.41, 5.74) is 2.79. The Morgan fingerprint density at radius 2 is 1.66 bits per heavy atom. The van der Waals surface area contributed by atoms with Gasteiger partial charge in [0.25, 0.3) is 0 Å². The van der Waals surface area contributed by atoms with Gasteiger partial charge in [0, 0.05) is 29.9 Å². The van der Waals surface area contributed by atoms with Gasteiger partial charge >= 0.3 is 11.9 Å². The molecule has 0 fully saturated rings. The Labute approximate surface area is 224 Å². The summed E-state index contributed by atoms with van der Waals surface area (Å²) < 4.78 is 30.3. The van der Waals surface area contributed by atoms with Gasteiger partial charge in [-0.25, -0.2) is 14.0 Å². The van der Waals surface area contributed by atoms with Gasteiger partial charge in [0.15, 0.2) is 0 Å². The number of benzene rings is 2. The molecule has 204 valence electrons. The van der Waals surface area contributed by atoms with Crippen LogP contribution in [0.25, 0.3) is 0 Å². The van der Waals surface area contributed by atoms with Gasteiger partial charge in [-0.2, -0.15) is 0 Å². The molecule has 1 unspecified atom stereocenters. The SMILES string of the molecule is COC(=O)C1=C(C)NC(C)=C(C(=O)OCC(C)(C)CN(C)Cc2cccc(OC)c2)C1c1cccc(F)c1. The van der Waals surface area contributed by atoms with E-state index in [2.05, 4.69) is 10.2 Å². The molecule has 2 aromatic rings. The lowest BCUT2D eigenvalue weighted by Crippen LogP contribution is -2.37. The maximum Gasteiger partial charge on any atom is 0.336 e. The van der Waals surface area contributed by atoms with Crippen LogP contribution in [0.4, 0.5) is 4.39 Å². The average molecular weight is 525 g/mol. The molecule has 38 heavy (non-hydrogen) atoms. The first-order chi connectivity index (χ1) is 18.0. The van der Waals surface area contributed by atoms with E-state index in [1.807, 2.05) is 45.2 Å². The summed E-state index contributed by atoms with van der Waals surface area (Å²) in [6.45, 7) is 9.04. The zero-order valence-corrected chi connectivity index (χ0v) is 23.2. The molecule has 1 aliphatic heterocycles. The van der Waals surface area contributed by atoms with Crippen LogP contribution in [0, 0.1) is 11.2 Å². The lowest BCUT2D eigenvalue weighted by molar-refractivity contribution is -0.142. The topological polar surface area (TPSA) is 77.1 Å². The Bertz CT molecular complexity index is 1250. The van der Waals surface area contributed by atoms with Gasteiger partial charge in [-0.15, -0.1) is 0 Å². The molecule has 1 atom stereocenters. The summed E-state index contributed by atoms with van der Waals surface area (Å²) in [6, 6.07) is 13.8. The Morgan fingerprint density at radius 3 is 2.29 bits per heavy atom. The lowest BCUT2D eigenvalue weighted by atomic mass is 9.80. The van der Waals surface area contributed by atoms with E-state index in [9.17, 15) is 14.0 Å². The van der Waals surface area contributed by atoms with Crippen molar-refractivity contribution in [1.82, 2.24) is 10.2 Å². The molecule has 0 aromatic heterocycles. The fraction of sp³-hybridized carbons (Fsp3) is 0.400. The molecule has 0 bridgehead atoms. The minimum Gasteiger partial charge on any atom is -0.497 e. The number of carbonyl (C=O) groups excluding carboxylic acids is 2. The molecule has 2 aromatic carbocycles. The molecule has 3 rings (SSSR count). The van der Waals surface area contributed by atoms with Gasteiger partial charge < -0.3 is 24.4 Å². The summed E-state index contributed by atoms with van der Waals surface area (Å²) in [5, 5.41) is 3.10. The second-order valence-corrected chi connectivity index (χ2v) is 10.4. The van der Waals surface area contributed by atoms with Crippen LogP contribution in [0.3, 0.4) is 0 Å². The van der Waals surface area contributed by atoms with Gasteiger partial charge in [0.1, 0.15) is 11.6 Å². The Hall–Kier alpha value is -3.65. The molecule has 0 saturated carbocycles. The van der Waals surface area contributed by atoms with E-state index < -0.39 is 23.7 Å². The highest BCUT2D eigenvalue weighted by molar-refractivity contribution is 5.99. The van der Waals surface area contributed by atoms with Crippen molar-refractivity contribution in [3.05, 3.63) is 88.0 Å². The number of esters is 2. The Balaban J connectivity index is 1.78. The number of halogens is 1. The number of hydrogen-bond acceptors (Lipinski definition) is 7. The van der Waals surface area contributed by atoms with Gasteiger partial charge in [-0.1, -0.05) is 38.1 Å². The number of allylic oxidation sites excluding steroid dienone is 2. The van der Waals surface area contributed by atoms with Gasteiger partial charge in [-0.3, -0.25) is 0 Å². The maximum absolute atomic E-state index is 14.2. The highest BCUT2D eigenvalue weighted by Gasteiger charge is 2.38. The third-order valence-corrected chi connectivity index (χ3v) is 6.45. The highest BCUT2D eigenvalue weighted by atomic mass is 19.1. The van der Waals surface area contributed by atoms with E-state index in [1.165, 1.54) is 19.2 Å². The van der Waals surface area contributed by atoms with Gasteiger partial charge in [0.2, 0.25) is 0 Å². The third-order valence-electron chi connectivity index (χ3n) is 6.45. The summed E-state index contributed by atoms with van der Waals surface area (Å²) in [4.78, 5) is 28.4. The number of hydrogen-bond donors (Lipinski definition) is 1.